The zero-order chi connectivity index (χ0) is 7.56. The largest absolute Gasteiger partial charge is 0.479 e. The average Bonchev–Trinajstić information content (AvgIpc) is 2.34. The number of carbonyl (C=O) groups is 1. The lowest BCUT2D eigenvalue weighted by molar-refractivity contribution is -0.163. The van der Waals surface area contributed by atoms with Crippen molar-refractivity contribution in [3.05, 3.63) is 0 Å². The molecule has 1 saturated heterocycles. The molecule has 1 N–H and O–H groups in total. The molecule has 0 amide bonds. The number of hydrogen-bond acceptors (Lipinski definition) is 3. The van der Waals surface area contributed by atoms with Crippen LogP contribution in [0.1, 0.15) is 12.8 Å². The highest BCUT2D eigenvalue weighted by Crippen LogP contribution is 2.19. The zero-order valence-corrected chi connectivity index (χ0v) is 5.74. The lowest BCUT2D eigenvalue weighted by Gasteiger charge is -2.07. The van der Waals surface area contributed by atoms with E-state index in [4.69, 9.17) is 14.6 Å². The molecule has 0 aromatic rings. The van der Waals surface area contributed by atoms with Crippen molar-refractivity contribution >= 4 is 5.97 Å². The molecule has 0 aromatic carbocycles. The van der Waals surface area contributed by atoms with E-state index in [2.05, 4.69) is 0 Å². The van der Waals surface area contributed by atoms with Gasteiger partial charge in [0, 0.05) is 13.5 Å². The molecule has 1 rings (SSSR count). The van der Waals surface area contributed by atoms with Crippen LogP contribution in [0, 0.1) is 0 Å². The molecule has 4 heteroatoms. The molecule has 1 aliphatic rings. The van der Waals surface area contributed by atoms with E-state index in [9.17, 15) is 4.79 Å². The Balaban J connectivity index is 2.35. The number of methoxy groups -OCH3 is 1. The minimum absolute atomic E-state index is 0.318. The van der Waals surface area contributed by atoms with Gasteiger partial charge >= 0.3 is 5.97 Å². The van der Waals surface area contributed by atoms with Crippen molar-refractivity contribution in [3.63, 3.8) is 0 Å². The van der Waals surface area contributed by atoms with Gasteiger partial charge in [0.15, 0.2) is 12.4 Å². The van der Waals surface area contributed by atoms with Gasteiger partial charge in [-0.05, 0) is 6.42 Å². The molecule has 10 heavy (non-hydrogen) atoms. The van der Waals surface area contributed by atoms with E-state index in [1.165, 1.54) is 7.11 Å². The molecule has 2 atom stereocenters. The molecule has 0 spiro atoms. The Kier molecular flexibility index (Phi) is 2.24. The number of carboxylic acids is 1. The third kappa shape index (κ3) is 1.46. The minimum atomic E-state index is -0.903. The first kappa shape index (κ1) is 7.50. The van der Waals surface area contributed by atoms with E-state index < -0.39 is 12.1 Å². The van der Waals surface area contributed by atoms with Gasteiger partial charge in [-0.2, -0.15) is 0 Å². The Bertz CT molecular complexity index is 134. The maximum absolute atomic E-state index is 10.3. The van der Waals surface area contributed by atoms with Crippen LogP contribution in [0.2, 0.25) is 0 Å². The Morgan fingerprint density at radius 3 is 2.70 bits per heavy atom. The van der Waals surface area contributed by atoms with Crippen molar-refractivity contribution in [2.45, 2.75) is 25.2 Å². The van der Waals surface area contributed by atoms with Crippen LogP contribution in [0.15, 0.2) is 0 Å². The summed E-state index contributed by atoms with van der Waals surface area (Å²) in [5.74, 6) is -0.903. The molecular weight excluding hydrogens is 136 g/mol. The molecule has 0 bridgehead atoms. The Morgan fingerprint density at radius 1 is 1.70 bits per heavy atom. The second-order valence-electron chi connectivity index (χ2n) is 2.21. The maximum atomic E-state index is 10.3. The molecule has 0 unspecified atom stereocenters. The summed E-state index contributed by atoms with van der Waals surface area (Å²) < 4.78 is 9.76. The normalized spacial score (nSPS) is 32.5. The summed E-state index contributed by atoms with van der Waals surface area (Å²) in [7, 11) is 1.51. The summed E-state index contributed by atoms with van der Waals surface area (Å²) in [6, 6.07) is 0. The number of rotatable bonds is 2. The summed E-state index contributed by atoms with van der Waals surface area (Å²) in [6.07, 6.45) is 0.243. The van der Waals surface area contributed by atoms with Gasteiger partial charge in [-0.3, -0.25) is 0 Å². The summed E-state index contributed by atoms with van der Waals surface area (Å²) in [4.78, 5) is 10.3. The van der Waals surface area contributed by atoms with Crippen LogP contribution in [0.4, 0.5) is 0 Å². The molecule has 4 nitrogen and oxygen atoms in total. The molecule has 1 fully saturated rings. The first-order valence-electron chi connectivity index (χ1n) is 3.15. The number of hydrogen-bond donors (Lipinski definition) is 1. The van der Waals surface area contributed by atoms with Gasteiger partial charge < -0.3 is 14.6 Å². The fourth-order valence-electron chi connectivity index (χ4n) is 0.962. The Hall–Kier alpha value is -0.610. The summed E-state index contributed by atoms with van der Waals surface area (Å²) in [5.41, 5.74) is 0. The second-order valence-corrected chi connectivity index (χ2v) is 2.21. The van der Waals surface area contributed by atoms with Crippen LogP contribution in [-0.2, 0) is 14.3 Å². The molecule has 0 aromatic heterocycles. The molecule has 0 aliphatic carbocycles. The summed E-state index contributed by atoms with van der Waals surface area (Å²) in [5, 5.41) is 8.45. The number of carboxylic acid groups (broad SMARTS) is 1. The van der Waals surface area contributed by atoms with Crippen molar-refractivity contribution in [2.75, 3.05) is 7.11 Å². The topological polar surface area (TPSA) is 55.8 Å². The summed E-state index contributed by atoms with van der Waals surface area (Å²) in [6.45, 7) is 0. The average molecular weight is 146 g/mol. The third-order valence-electron chi connectivity index (χ3n) is 1.52. The maximum Gasteiger partial charge on any atom is 0.332 e. The van der Waals surface area contributed by atoms with Crippen LogP contribution in [0.3, 0.4) is 0 Å². The first-order chi connectivity index (χ1) is 4.74. The Labute approximate surface area is 58.7 Å². The fraction of sp³-hybridized carbons (Fsp3) is 0.833. The lowest BCUT2D eigenvalue weighted by atomic mass is 10.2. The Morgan fingerprint density at radius 2 is 2.40 bits per heavy atom. The van der Waals surface area contributed by atoms with Crippen LogP contribution in [0.25, 0.3) is 0 Å². The van der Waals surface area contributed by atoms with Crippen molar-refractivity contribution in [1.82, 2.24) is 0 Å². The van der Waals surface area contributed by atoms with Crippen molar-refractivity contribution in [1.29, 1.82) is 0 Å². The number of aliphatic carboxylic acids is 1. The molecular formula is C6H10O4. The van der Waals surface area contributed by atoms with E-state index in [0.29, 0.717) is 12.8 Å². The number of ether oxygens (including phenoxy) is 2. The minimum Gasteiger partial charge on any atom is -0.479 e. The highest BCUT2D eigenvalue weighted by Gasteiger charge is 2.29. The lowest BCUT2D eigenvalue weighted by Crippen LogP contribution is -2.20. The van der Waals surface area contributed by atoms with E-state index in [-0.39, 0.29) is 6.29 Å². The quantitative estimate of drug-likeness (QED) is 0.605. The van der Waals surface area contributed by atoms with Gasteiger partial charge in [0.25, 0.3) is 0 Å². The predicted molar refractivity (Wildman–Crippen MR) is 32.5 cm³/mol. The molecule has 1 heterocycles. The van der Waals surface area contributed by atoms with Crippen LogP contribution in [0.5, 0.6) is 0 Å². The van der Waals surface area contributed by atoms with E-state index in [1.54, 1.807) is 0 Å². The van der Waals surface area contributed by atoms with Gasteiger partial charge in [0.1, 0.15) is 0 Å². The van der Waals surface area contributed by atoms with E-state index in [0.717, 1.165) is 0 Å². The van der Waals surface area contributed by atoms with Gasteiger partial charge in [0.2, 0.25) is 0 Å². The van der Waals surface area contributed by atoms with Crippen molar-refractivity contribution < 1.29 is 19.4 Å². The van der Waals surface area contributed by atoms with Crippen LogP contribution >= 0.6 is 0 Å². The molecule has 0 saturated carbocycles. The van der Waals surface area contributed by atoms with Gasteiger partial charge in [-0.15, -0.1) is 0 Å². The highest BCUT2D eigenvalue weighted by atomic mass is 16.7. The van der Waals surface area contributed by atoms with Gasteiger partial charge in [0.05, 0.1) is 0 Å². The first-order valence-corrected chi connectivity index (χ1v) is 3.15. The van der Waals surface area contributed by atoms with E-state index in [1.807, 2.05) is 0 Å². The van der Waals surface area contributed by atoms with Gasteiger partial charge in [-0.1, -0.05) is 0 Å². The molecule has 0 radical (unpaired) electrons. The SMILES string of the molecule is CO[C@H]1CC[C@@H](C(=O)O)O1. The van der Waals surface area contributed by atoms with Gasteiger partial charge in [-0.25, -0.2) is 4.79 Å². The molecule has 1 aliphatic heterocycles. The van der Waals surface area contributed by atoms with Crippen LogP contribution < -0.4 is 0 Å². The highest BCUT2D eigenvalue weighted by molar-refractivity contribution is 5.72. The molecule has 58 valence electrons. The van der Waals surface area contributed by atoms with Crippen molar-refractivity contribution in [3.8, 4) is 0 Å². The fourth-order valence-corrected chi connectivity index (χ4v) is 0.962. The third-order valence-corrected chi connectivity index (χ3v) is 1.52. The monoisotopic (exact) mass is 146 g/mol. The zero-order valence-electron chi connectivity index (χ0n) is 5.74. The smallest absolute Gasteiger partial charge is 0.332 e. The predicted octanol–water partition coefficient (Wildman–Crippen LogP) is 0.222. The standard InChI is InChI=1S/C6H10O4/c1-9-5-3-2-4(10-5)6(7)8/h4-5H,2-3H2,1H3,(H,7,8)/t4-,5+/m0/s1. The summed E-state index contributed by atoms with van der Waals surface area (Å²) >= 11 is 0. The van der Waals surface area contributed by atoms with E-state index >= 15 is 0 Å². The van der Waals surface area contributed by atoms with Crippen molar-refractivity contribution in [2.24, 2.45) is 0 Å². The second kappa shape index (κ2) is 2.98. The van der Waals surface area contributed by atoms with Crippen LogP contribution in [-0.4, -0.2) is 30.6 Å².